The summed E-state index contributed by atoms with van der Waals surface area (Å²) in [5, 5.41) is 23.4. The smallest absolute Gasteiger partial charge is 0.206 e. The minimum atomic E-state index is -1.47. The highest BCUT2D eigenvalue weighted by atomic mass is 16.8. The maximum absolute atomic E-state index is 9.69. The van der Waals surface area contributed by atoms with Gasteiger partial charge in [-0.25, -0.2) is 9.50 Å². The third kappa shape index (κ3) is 1.87. The first-order valence-corrected chi connectivity index (χ1v) is 7.18. The van der Waals surface area contributed by atoms with Crippen molar-refractivity contribution in [3.05, 3.63) is 24.2 Å². The Kier molecular flexibility index (Phi) is 3.04. The fraction of sp³-hybridized carbons (Fsp3) is 0.500. The van der Waals surface area contributed by atoms with Crippen LogP contribution in [-0.4, -0.2) is 50.4 Å². The molecule has 4 rings (SSSR count). The Labute approximate surface area is 131 Å². The maximum Gasteiger partial charge on any atom is 0.206 e. The number of nitriles is 1. The van der Waals surface area contributed by atoms with Crippen LogP contribution in [0, 0.1) is 11.3 Å². The topological polar surface area (TPSA) is 128 Å². The molecule has 0 amide bonds. The van der Waals surface area contributed by atoms with Crippen LogP contribution < -0.4 is 5.73 Å². The summed E-state index contributed by atoms with van der Waals surface area (Å²) < 4.78 is 18.9. The van der Waals surface area contributed by atoms with Crippen molar-refractivity contribution in [2.75, 3.05) is 12.3 Å². The molecule has 2 aromatic heterocycles. The van der Waals surface area contributed by atoms with E-state index in [-0.39, 0.29) is 0 Å². The number of ether oxygens (including phenoxy) is 3. The van der Waals surface area contributed by atoms with Crippen LogP contribution in [0.2, 0.25) is 0 Å². The third-order valence-electron chi connectivity index (χ3n) is 4.31. The normalized spacial score (nSPS) is 36.2. The molecule has 120 valence electrons. The van der Waals surface area contributed by atoms with Crippen molar-refractivity contribution in [2.24, 2.45) is 0 Å². The minimum absolute atomic E-state index is 0.339. The number of aliphatic hydroxyl groups is 1. The summed E-state index contributed by atoms with van der Waals surface area (Å²) >= 11 is 0. The van der Waals surface area contributed by atoms with Crippen LogP contribution in [0.15, 0.2) is 18.5 Å². The number of nitrogens with two attached hydrogens (primary N) is 1. The molecule has 23 heavy (non-hydrogen) atoms. The highest BCUT2D eigenvalue weighted by molar-refractivity contribution is 5.65. The van der Waals surface area contributed by atoms with Gasteiger partial charge >= 0.3 is 0 Å². The lowest BCUT2D eigenvalue weighted by atomic mass is 9.96. The SMILES string of the molecule is CC1O[C@H]2[C@H](c3ccc4c(N)ncnn34)O[C@](C#N)(CO)[C@H]2O1. The molecule has 0 aliphatic carbocycles. The molecule has 5 atom stereocenters. The summed E-state index contributed by atoms with van der Waals surface area (Å²) in [5.41, 5.74) is 5.66. The molecule has 4 heterocycles. The van der Waals surface area contributed by atoms with Crippen LogP contribution in [0.25, 0.3) is 5.52 Å². The average Bonchev–Trinajstić information content (AvgIpc) is 3.20. The van der Waals surface area contributed by atoms with Crippen LogP contribution in [0.4, 0.5) is 5.82 Å². The van der Waals surface area contributed by atoms with Gasteiger partial charge in [-0.15, -0.1) is 0 Å². The van der Waals surface area contributed by atoms with Crippen LogP contribution in [0.5, 0.6) is 0 Å². The second kappa shape index (κ2) is 4.87. The average molecular weight is 317 g/mol. The quantitative estimate of drug-likeness (QED) is 0.777. The molecule has 0 saturated carbocycles. The Morgan fingerprint density at radius 1 is 1.48 bits per heavy atom. The molecule has 0 aromatic carbocycles. The van der Waals surface area contributed by atoms with Crippen molar-refractivity contribution in [3.8, 4) is 6.07 Å². The summed E-state index contributed by atoms with van der Waals surface area (Å²) in [5.74, 6) is 0.339. The van der Waals surface area contributed by atoms with Crippen molar-refractivity contribution < 1.29 is 19.3 Å². The highest BCUT2D eigenvalue weighted by Gasteiger charge is 2.62. The van der Waals surface area contributed by atoms with E-state index in [4.69, 9.17) is 19.9 Å². The van der Waals surface area contributed by atoms with E-state index in [1.165, 1.54) is 6.33 Å². The van der Waals surface area contributed by atoms with E-state index in [0.29, 0.717) is 17.0 Å². The van der Waals surface area contributed by atoms with Crippen molar-refractivity contribution >= 4 is 11.3 Å². The Balaban J connectivity index is 1.82. The van der Waals surface area contributed by atoms with E-state index < -0.39 is 36.8 Å². The van der Waals surface area contributed by atoms with E-state index in [2.05, 4.69) is 10.1 Å². The van der Waals surface area contributed by atoms with Crippen molar-refractivity contribution in [1.82, 2.24) is 14.6 Å². The number of fused-ring (bicyclic) bond motifs is 2. The molecule has 0 radical (unpaired) electrons. The summed E-state index contributed by atoms with van der Waals surface area (Å²) in [4.78, 5) is 3.94. The number of aliphatic hydroxyl groups excluding tert-OH is 1. The Hall–Kier alpha value is -2.25. The zero-order valence-corrected chi connectivity index (χ0v) is 12.3. The minimum Gasteiger partial charge on any atom is -0.392 e. The van der Waals surface area contributed by atoms with Gasteiger partial charge in [-0.1, -0.05) is 0 Å². The van der Waals surface area contributed by atoms with Crippen molar-refractivity contribution in [2.45, 2.75) is 37.1 Å². The maximum atomic E-state index is 9.69. The Morgan fingerprint density at radius 2 is 2.30 bits per heavy atom. The molecule has 0 bridgehead atoms. The number of nitrogens with zero attached hydrogens (tertiary/aromatic N) is 4. The van der Waals surface area contributed by atoms with Gasteiger partial charge < -0.3 is 25.1 Å². The van der Waals surface area contributed by atoms with Crippen molar-refractivity contribution in [3.63, 3.8) is 0 Å². The number of anilines is 1. The van der Waals surface area contributed by atoms with Gasteiger partial charge in [0.15, 0.2) is 12.1 Å². The zero-order valence-electron chi connectivity index (χ0n) is 12.3. The fourth-order valence-corrected chi connectivity index (χ4v) is 3.24. The molecule has 2 aliphatic rings. The molecule has 9 nitrogen and oxygen atoms in total. The number of aromatic nitrogens is 3. The van der Waals surface area contributed by atoms with E-state index in [0.717, 1.165) is 0 Å². The lowest BCUT2D eigenvalue weighted by molar-refractivity contribution is -0.152. The first-order chi connectivity index (χ1) is 11.1. The van der Waals surface area contributed by atoms with Gasteiger partial charge in [-0.2, -0.15) is 10.4 Å². The number of nitrogen functional groups attached to an aromatic ring is 1. The van der Waals surface area contributed by atoms with E-state index in [1.807, 2.05) is 6.07 Å². The molecule has 0 spiro atoms. The highest BCUT2D eigenvalue weighted by Crippen LogP contribution is 2.47. The van der Waals surface area contributed by atoms with Crippen LogP contribution in [0.1, 0.15) is 18.7 Å². The summed E-state index contributed by atoms with van der Waals surface area (Å²) in [6.45, 7) is 1.25. The van der Waals surface area contributed by atoms with Gasteiger partial charge in [-0.05, 0) is 19.1 Å². The predicted octanol–water partition coefficient (Wildman–Crippen LogP) is -0.233. The summed E-state index contributed by atoms with van der Waals surface area (Å²) in [6, 6.07) is 5.59. The molecule has 2 aromatic rings. The van der Waals surface area contributed by atoms with E-state index in [1.54, 1.807) is 23.6 Å². The standard InChI is InChI=1S/C14H15N5O4/c1-7-21-11-10(23-14(4-15,5-20)12(11)22-7)8-2-3-9-13(16)17-6-18-19(8)9/h2-3,6-7,10-12,20H,5H2,1H3,(H2,16,17,18)/t7?,10-,11-,12-,14+/m0/s1. The second-order valence-corrected chi connectivity index (χ2v) is 5.62. The van der Waals surface area contributed by atoms with Gasteiger partial charge in [0.25, 0.3) is 0 Å². The zero-order chi connectivity index (χ0) is 16.2. The van der Waals surface area contributed by atoms with E-state index >= 15 is 0 Å². The Morgan fingerprint density at radius 3 is 3.04 bits per heavy atom. The van der Waals surface area contributed by atoms with Gasteiger partial charge in [-0.3, -0.25) is 0 Å². The first-order valence-electron chi connectivity index (χ1n) is 7.18. The first kappa shape index (κ1) is 14.3. The number of hydrogen-bond acceptors (Lipinski definition) is 8. The van der Waals surface area contributed by atoms with E-state index in [9.17, 15) is 10.4 Å². The molecule has 9 heteroatoms. The number of rotatable bonds is 2. The lowest BCUT2D eigenvalue weighted by Crippen LogP contribution is -2.44. The molecular weight excluding hydrogens is 302 g/mol. The van der Waals surface area contributed by atoms with Gasteiger partial charge in [0.2, 0.25) is 5.60 Å². The molecule has 2 aliphatic heterocycles. The van der Waals surface area contributed by atoms with Crippen LogP contribution in [0.3, 0.4) is 0 Å². The van der Waals surface area contributed by atoms with Gasteiger partial charge in [0.1, 0.15) is 36.2 Å². The fourth-order valence-electron chi connectivity index (χ4n) is 3.24. The van der Waals surface area contributed by atoms with Gasteiger partial charge in [0, 0.05) is 0 Å². The molecule has 3 N–H and O–H groups in total. The molecule has 2 fully saturated rings. The molecule has 2 saturated heterocycles. The van der Waals surface area contributed by atoms with Gasteiger partial charge in [0.05, 0.1) is 12.3 Å². The number of hydrogen-bond donors (Lipinski definition) is 2. The third-order valence-corrected chi connectivity index (χ3v) is 4.31. The summed E-state index contributed by atoms with van der Waals surface area (Å²) in [6.07, 6.45) is -0.959. The predicted molar refractivity (Wildman–Crippen MR) is 75.9 cm³/mol. The second-order valence-electron chi connectivity index (χ2n) is 5.62. The van der Waals surface area contributed by atoms with Crippen LogP contribution >= 0.6 is 0 Å². The summed E-state index contributed by atoms with van der Waals surface area (Å²) in [7, 11) is 0. The Bertz CT molecular complexity index is 802. The monoisotopic (exact) mass is 317 g/mol. The largest absolute Gasteiger partial charge is 0.392 e. The molecule has 1 unspecified atom stereocenters. The molecular formula is C14H15N5O4. The van der Waals surface area contributed by atoms with Crippen LogP contribution in [-0.2, 0) is 14.2 Å². The van der Waals surface area contributed by atoms with Crippen molar-refractivity contribution in [1.29, 1.82) is 5.26 Å². The lowest BCUT2D eigenvalue weighted by Gasteiger charge is -2.24.